The van der Waals surface area contributed by atoms with Crippen molar-refractivity contribution in [3.63, 3.8) is 0 Å². The predicted molar refractivity (Wildman–Crippen MR) is 71.7 cm³/mol. The average Bonchev–Trinajstić information content (AvgIpc) is 2.44. The lowest BCUT2D eigenvalue weighted by Crippen LogP contribution is -2.34. The van der Waals surface area contributed by atoms with Crippen molar-refractivity contribution in [1.29, 1.82) is 0 Å². The van der Waals surface area contributed by atoms with Crippen LogP contribution in [0.4, 0.5) is 0 Å². The molecule has 0 saturated heterocycles. The second-order valence-electron chi connectivity index (χ2n) is 3.42. The highest BCUT2D eigenvalue weighted by atomic mass is 16.5. The van der Waals surface area contributed by atoms with Gasteiger partial charge in [-0.15, -0.1) is 0 Å². The molecular formula is C13H18N2O4. The monoisotopic (exact) mass is 266 g/mol. The molecule has 0 aromatic carbocycles. The molecule has 0 aromatic rings. The van der Waals surface area contributed by atoms with Crippen LogP contribution in [0.25, 0.3) is 0 Å². The Morgan fingerprint density at radius 3 is 2.47 bits per heavy atom. The number of hydrogen-bond donors (Lipinski definition) is 1. The van der Waals surface area contributed by atoms with Gasteiger partial charge in [0.15, 0.2) is 0 Å². The largest absolute Gasteiger partial charge is 0.466 e. The van der Waals surface area contributed by atoms with Crippen molar-refractivity contribution in [2.24, 2.45) is 4.99 Å². The molecule has 0 spiro atoms. The van der Waals surface area contributed by atoms with E-state index >= 15 is 0 Å². The normalized spacial score (nSPS) is 11.8. The Labute approximate surface area is 112 Å². The second-order valence-corrected chi connectivity index (χ2v) is 3.42. The fourth-order valence-corrected chi connectivity index (χ4v) is 0.980. The van der Waals surface area contributed by atoms with Gasteiger partial charge in [0.05, 0.1) is 19.4 Å². The molecule has 0 aliphatic heterocycles. The summed E-state index contributed by atoms with van der Waals surface area (Å²) >= 11 is 0. The fourth-order valence-electron chi connectivity index (χ4n) is 0.980. The van der Waals surface area contributed by atoms with Crippen LogP contribution in [0.15, 0.2) is 29.4 Å². The van der Waals surface area contributed by atoms with Crippen LogP contribution in [0.2, 0.25) is 0 Å². The smallest absolute Gasteiger partial charge is 0.330 e. The molecule has 0 aromatic heterocycles. The molecule has 0 aliphatic carbocycles. The van der Waals surface area contributed by atoms with Gasteiger partial charge in [-0.05, 0) is 13.0 Å². The van der Waals surface area contributed by atoms with Crippen LogP contribution < -0.4 is 5.32 Å². The highest BCUT2D eigenvalue weighted by Crippen LogP contribution is 1.88. The molecule has 19 heavy (non-hydrogen) atoms. The van der Waals surface area contributed by atoms with Crippen LogP contribution in [0.1, 0.15) is 20.3 Å². The first-order valence-electron chi connectivity index (χ1n) is 5.80. The molecular weight excluding hydrogens is 248 g/mol. The molecule has 6 nitrogen and oxygen atoms in total. The van der Waals surface area contributed by atoms with Crippen LogP contribution in [0.5, 0.6) is 0 Å². The molecule has 104 valence electrons. The number of carbonyl (C=O) groups excluding carboxylic acids is 3. The molecule has 0 radical (unpaired) electrons. The van der Waals surface area contributed by atoms with Gasteiger partial charge in [0.25, 0.3) is 5.91 Å². The molecule has 0 heterocycles. The molecule has 0 rings (SSSR count). The van der Waals surface area contributed by atoms with Gasteiger partial charge in [-0.1, -0.05) is 13.0 Å². The lowest BCUT2D eigenvalue weighted by atomic mass is 10.2. The van der Waals surface area contributed by atoms with E-state index in [1.54, 1.807) is 19.9 Å². The first kappa shape index (κ1) is 16.8. The molecule has 0 bridgehead atoms. The van der Waals surface area contributed by atoms with E-state index in [-0.39, 0.29) is 13.0 Å². The molecule has 6 heteroatoms. The lowest BCUT2D eigenvalue weighted by Gasteiger charge is -2.03. The molecule has 0 saturated carbocycles. The predicted octanol–water partition coefficient (Wildman–Crippen LogP) is 0.785. The van der Waals surface area contributed by atoms with Crippen LogP contribution in [-0.4, -0.2) is 37.0 Å². The second kappa shape index (κ2) is 9.76. The first-order valence-corrected chi connectivity index (χ1v) is 5.80. The summed E-state index contributed by atoms with van der Waals surface area (Å²) in [7, 11) is 1.26. The van der Waals surface area contributed by atoms with Gasteiger partial charge < -0.3 is 10.1 Å². The summed E-state index contributed by atoms with van der Waals surface area (Å²) in [4.78, 5) is 37.4. The lowest BCUT2D eigenvalue weighted by molar-refractivity contribution is -0.137. The summed E-state index contributed by atoms with van der Waals surface area (Å²) < 4.78 is 4.45. The molecule has 0 fully saturated rings. The Morgan fingerprint density at radius 1 is 1.26 bits per heavy atom. The van der Waals surface area contributed by atoms with E-state index in [0.717, 1.165) is 0 Å². The quantitative estimate of drug-likeness (QED) is 0.319. The number of nitrogens with zero attached hydrogens (tertiary/aromatic N) is 1. The van der Waals surface area contributed by atoms with Gasteiger partial charge in [0, 0.05) is 18.7 Å². The summed E-state index contributed by atoms with van der Waals surface area (Å²) in [5.41, 5.74) is 0.431. The van der Waals surface area contributed by atoms with E-state index in [2.05, 4.69) is 15.0 Å². The maximum absolute atomic E-state index is 11.3. The number of methoxy groups -OCH3 is 1. The molecule has 1 N–H and O–H groups in total. The third-order valence-corrected chi connectivity index (χ3v) is 2.01. The summed E-state index contributed by atoms with van der Waals surface area (Å²) in [5.74, 6) is -1.69. The van der Waals surface area contributed by atoms with Crippen LogP contribution in [0.3, 0.4) is 0 Å². The van der Waals surface area contributed by atoms with Crippen molar-refractivity contribution < 1.29 is 19.1 Å². The average molecular weight is 266 g/mol. The highest BCUT2D eigenvalue weighted by molar-refractivity contribution is 6.36. The van der Waals surface area contributed by atoms with E-state index in [9.17, 15) is 14.4 Å². The van der Waals surface area contributed by atoms with E-state index in [1.165, 1.54) is 25.5 Å². The van der Waals surface area contributed by atoms with Crippen molar-refractivity contribution in [3.05, 3.63) is 24.4 Å². The standard InChI is InChI=1S/C13H18N2O4/c1-4-8-14-10(6-7-12(17)19-3)9-15-13(18)11(16)5-2/h4,6-8H,5,9H2,1-3H3,(H,15,18)/b7-6+,8-4-,14-10+. The number of rotatable bonds is 7. The van der Waals surface area contributed by atoms with Gasteiger partial charge >= 0.3 is 5.97 Å². The number of esters is 1. The minimum absolute atomic E-state index is 0.0579. The molecule has 0 atom stereocenters. The minimum atomic E-state index is -0.665. The van der Waals surface area contributed by atoms with Gasteiger partial charge in [-0.25, -0.2) is 4.79 Å². The van der Waals surface area contributed by atoms with Crippen molar-refractivity contribution in [3.8, 4) is 0 Å². The number of nitrogens with one attached hydrogen (secondary N) is 1. The maximum Gasteiger partial charge on any atom is 0.330 e. The molecule has 1 amide bonds. The number of aliphatic imine (C=N–C) groups is 1. The number of amides is 1. The Kier molecular flexibility index (Phi) is 8.61. The summed E-state index contributed by atoms with van der Waals surface area (Å²) in [6.07, 6.45) is 5.97. The Morgan fingerprint density at radius 2 is 1.95 bits per heavy atom. The van der Waals surface area contributed by atoms with Crippen molar-refractivity contribution in [2.45, 2.75) is 20.3 Å². The number of allylic oxidation sites excluding steroid dienone is 1. The third-order valence-electron chi connectivity index (χ3n) is 2.01. The van der Waals surface area contributed by atoms with Gasteiger partial charge in [-0.2, -0.15) is 0 Å². The van der Waals surface area contributed by atoms with Crippen molar-refractivity contribution in [2.75, 3.05) is 13.7 Å². The van der Waals surface area contributed by atoms with Crippen molar-refractivity contribution >= 4 is 23.4 Å². The summed E-state index contributed by atoms with van der Waals surface area (Å²) in [6.45, 7) is 3.45. The van der Waals surface area contributed by atoms with Crippen LogP contribution in [0, 0.1) is 0 Å². The maximum atomic E-state index is 11.3. The van der Waals surface area contributed by atoms with E-state index in [0.29, 0.717) is 5.71 Å². The number of carbonyl (C=O) groups is 3. The first-order chi connectivity index (χ1) is 9.04. The van der Waals surface area contributed by atoms with E-state index in [4.69, 9.17) is 0 Å². The number of Topliss-reactive ketones (excluding diaryl/α,β-unsaturated/α-hetero) is 1. The summed E-state index contributed by atoms with van der Waals surface area (Å²) in [6, 6.07) is 0. The Hall–Kier alpha value is -2.24. The zero-order valence-corrected chi connectivity index (χ0v) is 11.3. The zero-order chi connectivity index (χ0) is 14.7. The molecule has 0 aliphatic rings. The zero-order valence-electron chi connectivity index (χ0n) is 11.3. The minimum Gasteiger partial charge on any atom is -0.466 e. The van der Waals surface area contributed by atoms with Gasteiger partial charge in [0.1, 0.15) is 0 Å². The SMILES string of the molecule is C\C=C/N=C(\C=C\C(=O)OC)CNC(=O)C(=O)CC. The summed E-state index contributed by atoms with van der Waals surface area (Å²) in [5, 5.41) is 2.43. The topological polar surface area (TPSA) is 84.8 Å². The third kappa shape index (κ3) is 7.64. The Balaban J connectivity index is 4.62. The van der Waals surface area contributed by atoms with E-state index in [1.807, 2.05) is 0 Å². The van der Waals surface area contributed by atoms with Crippen LogP contribution in [-0.2, 0) is 19.1 Å². The van der Waals surface area contributed by atoms with Crippen molar-refractivity contribution in [1.82, 2.24) is 5.32 Å². The van der Waals surface area contributed by atoms with E-state index < -0.39 is 17.7 Å². The Bertz CT molecular complexity index is 422. The van der Waals surface area contributed by atoms with Gasteiger partial charge in [0.2, 0.25) is 5.78 Å². The number of hydrogen-bond acceptors (Lipinski definition) is 5. The van der Waals surface area contributed by atoms with Gasteiger partial charge in [-0.3, -0.25) is 14.6 Å². The highest BCUT2D eigenvalue weighted by Gasteiger charge is 2.10. The molecule has 0 unspecified atom stereocenters. The fraction of sp³-hybridized carbons (Fsp3) is 0.385. The number of ketones is 1. The number of ether oxygens (including phenoxy) is 1. The van der Waals surface area contributed by atoms with Crippen LogP contribution >= 0.6 is 0 Å².